The maximum Gasteiger partial charge on any atom is 0.269 e. The van der Waals surface area contributed by atoms with Crippen LogP contribution in [-0.2, 0) is 24.2 Å². The number of Topliss-reactive ketones (excluding diaryl/α,β-unsaturated/α-hetero) is 2. The van der Waals surface area contributed by atoms with Crippen molar-refractivity contribution in [3.63, 3.8) is 0 Å². The number of hydrogen-bond acceptors (Lipinski definition) is 5. The minimum absolute atomic E-state index is 0.229. The van der Waals surface area contributed by atoms with Crippen LogP contribution in [0.2, 0.25) is 39.3 Å². The number of carbonyl (C=O) groups excluding carboxylic acids is 2. The van der Waals surface area contributed by atoms with Gasteiger partial charge in [-0.15, -0.1) is 0 Å². The number of allylic oxidation sites excluding steroid dienone is 1. The Morgan fingerprint density at radius 2 is 1.56 bits per heavy atom. The summed E-state index contributed by atoms with van der Waals surface area (Å²) in [6, 6.07) is 7.28. The average Bonchev–Trinajstić information content (AvgIpc) is 2.81. The quantitative estimate of drug-likeness (QED) is 0.682. The van der Waals surface area contributed by atoms with E-state index in [0.717, 1.165) is 0 Å². The number of hydrogen-bond donors (Lipinski definition) is 0. The fraction of sp³-hybridized carbons (Fsp3) is 0.500. The molecule has 2 atom stereocenters. The molecule has 27 heavy (non-hydrogen) atoms. The van der Waals surface area contributed by atoms with Gasteiger partial charge < -0.3 is 13.6 Å². The lowest BCUT2D eigenvalue weighted by Crippen LogP contribution is -2.61. The molecule has 7 heteroatoms. The predicted molar refractivity (Wildman–Crippen MR) is 109 cm³/mol. The van der Waals surface area contributed by atoms with Gasteiger partial charge in [-0.3, -0.25) is 9.59 Å². The smallest absolute Gasteiger partial charge is 0.269 e. The van der Waals surface area contributed by atoms with Crippen LogP contribution in [0, 0.1) is 0 Å². The van der Waals surface area contributed by atoms with Crippen molar-refractivity contribution in [1.82, 2.24) is 0 Å². The van der Waals surface area contributed by atoms with Crippen LogP contribution in [0.1, 0.15) is 29.8 Å². The van der Waals surface area contributed by atoms with Crippen molar-refractivity contribution < 1.29 is 23.2 Å². The Labute approximate surface area is 163 Å². The van der Waals surface area contributed by atoms with E-state index in [1.165, 1.54) is 6.92 Å². The van der Waals surface area contributed by atoms with Crippen LogP contribution in [0.25, 0.3) is 0 Å². The normalized spacial score (nSPS) is 27.5. The summed E-state index contributed by atoms with van der Waals surface area (Å²) < 4.78 is 19.5. The molecular weight excluding hydrogens is 376 g/mol. The summed E-state index contributed by atoms with van der Waals surface area (Å²) in [5.41, 5.74) is -0.159. The minimum atomic E-state index is -2.29. The first-order valence-electron chi connectivity index (χ1n) is 9.21. The zero-order chi connectivity index (χ0) is 20.4. The van der Waals surface area contributed by atoms with Crippen molar-refractivity contribution in [2.75, 3.05) is 0 Å². The molecule has 1 aliphatic heterocycles. The molecule has 2 aliphatic rings. The van der Waals surface area contributed by atoms with E-state index in [0.29, 0.717) is 16.9 Å². The van der Waals surface area contributed by atoms with Crippen LogP contribution in [-0.4, -0.2) is 33.8 Å². The predicted octanol–water partition coefficient (Wildman–Crippen LogP) is 4.37. The maximum atomic E-state index is 13.8. The zero-order valence-electron chi connectivity index (χ0n) is 17.4. The average molecular weight is 405 g/mol. The number of ketones is 2. The Kier molecular flexibility index (Phi) is 4.47. The van der Waals surface area contributed by atoms with Gasteiger partial charge in [0, 0.05) is 11.1 Å². The highest BCUT2D eigenvalue weighted by atomic mass is 28.4. The first-order valence-corrected chi connectivity index (χ1v) is 16.0. The van der Waals surface area contributed by atoms with Gasteiger partial charge >= 0.3 is 0 Å². The number of ether oxygens (including phenoxy) is 1. The fourth-order valence-corrected chi connectivity index (χ4v) is 6.52. The van der Waals surface area contributed by atoms with Crippen molar-refractivity contribution >= 4 is 28.2 Å². The summed E-state index contributed by atoms with van der Waals surface area (Å²) >= 11 is 0. The van der Waals surface area contributed by atoms with E-state index in [-0.39, 0.29) is 17.1 Å². The SMILES string of the molecule is CC(=O)C1=C(C)OC2(O[Si](C)(C)C)c3ccccc3C(=O)C12O[Si](C)(C)C. The molecule has 5 nitrogen and oxygen atoms in total. The van der Waals surface area contributed by atoms with Crippen molar-refractivity contribution in [2.45, 2.75) is 64.5 Å². The lowest BCUT2D eigenvalue weighted by Gasteiger charge is -2.45. The number of benzene rings is 1. The van der Waals surface area contributed by atoms with E-state index < -0.39 is 28.0 Å². The van der Waals surface area contributed by atoms with E-state index in [9.17, 15) is 9.59 Å². The maximum absolute atomic E-state index is 13.8. The minimum Gasteiger partial charge on any atom is -0.459 e. The van der Waals surface area contributed by atoms with Gasteiger partial charge in [0.2, 0.25) is 11.4 Å². The van der Waals surface area contributed by atoms with Crippen LogP contribution in [0.15, 0.2) is 35.6 Å². The summed E-state index contributed by atoms with van der Waals surface area (Å²) in [6.07, 6.45) is 0. The molecular formula is C20H28O5Si2. The number of carbonyl (C=O) groups is 2. The third kappa shape index (κ3) is 2.88. The van der Waals surface area contributed by atoms with Crippen molar-refractivity contribution in [3.8, 4) is 0 Å². The second-order valence-corrected chi connectivity index (χ2v) is 18.0. The van der Waals surface area contributed by atoms with Gasteiger partial charge in [-0.1, -0.05) is 24.3 Å². The third-order valence-electron chi connectivity index (χ3n) is 4.57. The van der Waals surface area contributed by atoms with E-state index in [4.69, 9.17) is 13.6 Å². The Morgan fingerprint density at radius 3 is 2.07 bits per heavy atom. The molecule has 2 unspecified atom stereocenters. The summed E-state index contributed by atoms with van der Waals surface area (Å²) in [4.78, 5) is 26.5. The molecule has 1 heterocycles. The van der Waals surface area contributed by atoms with E-state index in [2.05, 4.69) is 0 Å². The van der Waals surface area contributed by atoms with Crippen molar-refractivity contribution in [1.29, 1.82) is 0 Å². The number of rotatable bonds is 5. The molecule has 0 fully saturated rings. The lowest BCUT2D eigenvalue weighted by molar-refractivity contribution is -0.216. The molecule has 1 aromatic rings. The zero-order valence-corrected chi connectivity index (χ0v) is 19.4. The largest absolute Gasteiger partial charge is 0.459 e. The van der Waals surface area contributed by atoms with Crippen molar-refractivity contribution in [3.05, 3.63) is 46.7 Å². The molecule has 1 aromatic carbocycles. The van der Waals surface area contributed by atoms with Gasteiger partial charge in [0.05, 0.1) is 5.57 Å². The van der Waals surface area contributed by atoms with Crippen LogP contribution in [0.4, 0.5) is 0 Å². The monoisotopic (exact) mass is 404 g/mol. The highest BCUT2D eigenvalue weighted by Crippen LogP contribution is 2.60. The van der Waals surface area contributed by atoms with Gasteiger partial charge in [0.25, 0.3) is 5.79 Å². The molecule has 0 N–H and O–H groups in total. The van der Waals surface area contributed by atoms with Gasteiger partial charge in [-0.25, -0.2) is 0 Å². The van der Waals surface area contributed by atoms with Gasteiger partial charge in [-0.2, -0.15) is 0 Å². The first kappa shape index (κ1) is 20.2. The van der Waals surface area contributed by atoms with Gasteiger partial charge in [0.15, 0.2) is 22.4 Å². The Balaban J connectivity index is 2.41. The topological polar surface area (TPSA) is 61.8 Å². The second-order valence-electron chi connectivity index (χ2n) is 9.19. The van der Waals surface area contributed by atoms with E-state index in [1.54, 1.807) is 13.0 Å². The molecule has 3 rings (SSSR count). The summed E-state index contributed by atoms with van der Waals surface area (Å²) in [5.74, 6) is -1.52. The molecule has 0 bridgehead atoms. The van der Waals surface area contributed by atoms with Gasteiger partial charge in [-0.05, 0) is 53.1 Å². The summed E-state index contributed by atoms with van der Waals surface area (Å²) in [6.45, 7) is 15.3. The van der Waals surface area contributed by atoms with Crippen LogP contribution < -0.4 is 0 Å². The number of fused-ring (bicyclic) bond motifs is 3. The fourth-order valence-electron chi connectivity index (χ4n) is 4.11. The third-order valence-corrected chi connectivity index (χ3v) is 6.39. The molecule has 146 valence electrons. The standard InChI is InChI=1S/C20H28O5Si2/c1-13(21)17-14(2)23-20(25-27(6,7)8)16-12-10-9-11-15(16)18(22)19(17,20)24-26(3,4)5/h9-12H,1-8H3. The first-order chi connectivity index (χ1) is 12.3. The Hall–Kier alpha value is -1.55. The lowest BCUT2D eigenvalue weighted by atomic mass is 9.84. The molecule has 0 saturated heterocycles. The van der Waals surface area contributed by atoms with Crippen LogP contribution in [0.3, 0.4) is 0 Å². The van der Waals surface area contributed by atoms with Crippen molar-refractivity contribution in [2.24, 2.45) is 0 Å². The Morgan fingerprint density at radius 1 is 1.00 bits per heavy atom. The Bertz CT molecular complexity index is 862. The van der Waals surface area contributed by atoms with Gasteiger partial charge in [0.1, 0.15) is 5.76 Å². The second kappa shape index (κ2) is 5.97. The molecule has 1 aliphatic carbocycles. The molecule has 0 amide bonds. The molecule has 0 spiro atoms. The highest BCUT2D eigenvalue weighted by molar-refractivity contribution is 6.70. The van der Waals surface area contributed by atoms with Crippen LogP contribution >= 0.6 is 0 Å². The molecule has 0 saturated carbocycles. The summed E-state index contributed by atoms with van der Waals surface area (Å²) in [7, 11) is -4.50. The molecule has 0 aromatic heterocycles. The highest BCUT2D eigenvalue weighted by Gasteiger charge is 2.75. The van der Waals surface area contributed by atoms with E-state index >= 15 is 0 Å². The van der Waals surface area contributed by atoms with E-state index in [1.807, 2.05) is 57.5 Å². The molecule has 0 radical (unpaired) electrons. The summed E-state index contributed by atoms with van der Waals surface area (Å²) in [5, 5.41) is 0. The van der Waals surface area contributed by atoms with Crippen LogP contribution in [0.5, 0.6) is 0 Å².